The van der Waals surface area contributed by atoms with E-state index in [0.29, 0.717) is 31.9 Å². The fourth-order valence-corrected chi connectivity index (χ4v) is 1.37. The van der Waals surface area contributed by atoms with E-state index in [9.17, 15) is 9.59 Å². The van der Waals surface area contributed by atoms with Crippen molar-refractivity contribution in [3.63, 3.8) is 0 Å². The normalized spacial score (nSPS) is 10.7. The van der Waals surface area contributed by atoms with E-state index in [2.05, 4.69) is 4.98 Å². The van der Waals surface area contributed by atoms with Crippen molar-refractivity contribution in [3.05, 3.63) is 32.6 Å². The second-order valence-electron chi connectivity index (χ2n) is 3.72. The summed E-state index contributed by atoms with van der Waals surface area (Å²) in [4.78, 5) is 24.8. The van der Waals surface area contributed by atoms with Gasteiger partial charge in [-0.2, -0.15) is 0 Å². The number of aromatic amines is 1. The molecule has 1 heterocycles. The van der Waals surface area contributed by atoms with Crippen molar-refractivity contribution in [1.82, 2.24) is 9.55 Å². The van der Waals surface area contributed by atoms with Gasteiger partial charge in [0, 0.05) is 32.0 Å². The molecule has 0 radical (unpaired) electrons. The number of nitrogens with one attached hydrogen (secondary N) is 1. The number of hydrogen-bond donors (Lipinski definition) is 1. The van der Waals surface area contributed by atoms with Crippen molar-refractivity contribution in [2.45, 2.75) is 19.9 Å². The van der Waals surface area contributed by atoms with Gasteiger partial charge in [-0.25, -0.2) is 4.79 Å². The topological polar surface area (TPSA) is 73.3 Å². The second-order valence-corrected chi connectivity index (χ2v) is 3.72. The summed E-state index contributed by atoms with van der Waals surface area (Å²) in [6.07, 6.45) is 2.28. The van der Waals surface area contributed by atoms with Gasteiger partial charge in [-0.3, -0.25) is 9.78 Å². The highest BCUT2D eigenvalue weighted by Gasteiger charge is 2.00. The average Bonchev–Trinajstić information content (AvgIpc) is 2.30. The van der Waals surface area contributed by atoms with Crippen LogP contribution in [0.15, 0.2) is 15.8 Å². The molecule has 6 heteroatoms. The first-order valence-corrected chi connectivity index (χ1v) is 5.52. The largest absolute Gasteiger partial charge is 0.382 e. The van der Waals surface area contributed by atoms with Crippen LogP contribution >= 0.6 is 0 Å². The van der Waals surface area contributed by atoms with Crippen LogP contribution in [0.4, 0.5) is 0 Å². The molecule has 0 atom stereocenters. The van der Waals surface area contributed by atoms with E-state index < -0.39 is 0 Å². The first-order chi connectivity index (χ1) is 8.15. The van der Waals surface area contributed by atoms with E-state index in [0.717, 1.165) is 6.42 Å². The molecule has 1 rings (SSSR count). The van der Waals surface area contributed by atoms with Crippen LogP contribution in [0.5, 0.6) is 0 Å². The Balaban J connectivity index is 2.39. The van der Waals surface area contributed by atoms with Gasteiger partial charge in [0.2, 0.25) is 0 Å². The van der Waals surface area contributed by atoms with Gasteiger partial charge in [-0.15, -0.1) is 0 Å². The van der Waals surface area contributed by atoms with Crippen molar-refractivity contribution in [2.24, 2.45) is 0 Å². The highest BCUT2D eigenvalue weighted by molar-refractivity contribution is 5.00. The van der Waals surface area contributed by atoms with Crippen LogP contribution in [0.25, 0.3) is 0 Å². The lowest BCUT2D eigenvalue weighted by Crippen LogP contribution is -2.31. The molecule has 0 bridgehead atoms. The van der Waals surface area contributed by atoms with Crippen LogP contribution in [0.3, 0.4) is 0 Å². The summed E-state index contributed by atoms with van der Waals surface area (Å²) in [7, 11) is 1.62. The van der Waals surface area contributed by atoms with Crippen LogP contribution in [0.2, 0.25) is 0 Å². The van der Waals surface area contributed by atoms with Crippen LogP contribution in [0.1, 0.15) is 12.0 Å². The van der Waals surface area contributed by atoms with Gasteiger partial charge in [-0.05, 0) is 13.3 Å². The number of ether oxygens (including phenoxy) is 2. The molecule has 0 unspecified atom stereocenters. The summed E-state index contributed by atoms with van der Waals surface area (Å²) in [6, 6.07) is 0. The molecule has 0 aromatic carbocycles. The maximum atomic E-state index is 11.4. The van der Waals surface area contributed by atoms with Crippen molar-refractivity contribution in [3.8, 4) is 0 Å². The SMILES string of the molecule is COCCOCCCn1cc(C)c(=O)[nH]c1=O. The molecular weight excluding hydrogens is 224 g/mol. The molecule has 0 aliphatic rings. The Bertz CT molecular complexity index is 450. The van der Waals surface area contributed by atoms with Gasteiger partial charge >= 0.3 is 5.69 Å². The summed E-state index contributed by atoms with van der Waals surface area (Å²) in [5.41, 5.74) is -0.176. The summed E-state index contributed by atoms with van der Waals surface area (Å²) in [5, 5.41) is 0. The van der Waals surface area contributed by atoms with Crippen LogP contribution < -0.4 is 11.2 Å². The molecule has 0 spiro atoms. The summed E-state index contributed by atoms with van der Waals surface area (Å²) >= 11 is 0. The number of hydrogen-bond acceptors (Lipinski definition) is 4. The Morgan fingerprint density at radius 1 is 1.29 bits per heavy atom. The average molecular weight is 242 g/mol. The van der Waals surface area contributed by atoms with Gasteiger partial charge in [0.05, 0.1) is 13.2 Å². The molecular formula is C11H18N2O4. The Kier molecular flexibility index (Phi) is 5.65. The monoisotopic (exact) mass is 242 g/mol. The zero-order valence-corrected chi connectivity index (χ0v) is 10.2. The number of rotatable bonds is 7. The molecule has 0 aliphatic heterocycles. The fourth-order valence-electron chi connectivity index (χ4n) is 1.37. The molecule has 1 aromatic rings. The Morgan fingerprint density at radius 3 is 2.76 bits per heavy atom. The lowest BCUT2D eigenvalue weighted by atomic mass is 10.3. The third-order valence-electron chi connectivity index (χ3n) is 2.31. The Morgan fingerprint density at radius 2 is 2.06 bits per heavy atom. The van der Waals surface area contributed by atoms with Crippen LogP contribution in [0, 0.1) is 6.92 Å². The third kappa shape index (κ3) is 4.54. The maximum absolute atomic E-state index is 11.4. The number of nitrogens with zero attached hydrogens (tertiary/aromatic N) is 1. The van der Waals surface area contributed by atoms with E-state index >= 15 is 0 Å². The molecule has 0 aliphatic carbocycles. The predicted octanol–water partition coefficient (Wildman–Crippen LogP) is -0.102. The van der Waals surface area contributed by atoms with Gasteiger partial charge in [-0.1, -0.05) is 0 Å². The van der Waals surface area contributed by atoms with Gasteiger partial charge < -0.3 is 14.0 Å². The number of H-pyrrole nitrogens is 1. The van der Waals surface area contributed by atoms with Gasteiger partial charge in [0.15, 0.2) is 0 Å². The Hall–Kier alpha value is -1.40. The zero-order valence-electron chi connectivity index (χ0n) is 10.2. The maximum Gasteiger partial charge on any atom is 0.328 e. The van der Waals surface area contributed by atoms with E-state index in [1.807, 2.05) is 0 Å². The molecule has 0 fully saturated rings. The minimum atomic E-state index is -0.377. The lowest BCUT2D eigenvalue weighted by molar-refractivity contribution is 0.0679. The third-order valence-corrected chi connectivity index (χ3v) is 2.31. The summed E-state index contributed by atoms with van der Waals surface area (Å²) in [5.74, 6) is 0. The van der Waals surface area contributed by atoms with Gasteiger partial charge in [0.1, 0.15) is 0 Å². The first-order valence-electron chi connectivity index (χ1n) is 5.52. The highest BCUT2D eigenvalue weighted by atomic mass is 16.5. The molecule has 0 saturated heterocycles. The van der Waals surface area contributed by atoms with E-state index in [4.69, 9.17) is 9.47 Å². The molecule has 1 aromatic heterocycles. The summed E-state index contributed by atoms with van der Waals surface area (Å²) < 4.78 is 11.6. The summed E-state index contributed by atoms with van der Waals surface area (Å²) in [6.45, 7) is 3.88. The number of aromatic nitrogens is 2. The lowest BCUT2D eigenvalue weighted by Gasteiger charge is -2.06. The van der Waals surface area contributed by atoms with Crippen molar-refractivity contribution >= 4 is 0 Å². The molecule has 6 nitrogen and oxygen atoms in total. The smallest absolute Gasteiger partial charge is 0.328 e. The minimum absolute atomic E-state index is 0.331. The number of aryl methyl sites for hydroxylation is 2. The molecule has 96 valence electrons. The van der Waals surface area contributed by atoms with Crippen LogP contribution in [-0.2, 0) is 16.0 Å². The molecule has 17 heavy (non-hydrogen) atoms. The predicted molar refractivity (Wildman–Crippen MR) is 63.4 cm³/mol. The Labute approximate surface area is 99.2 Å². The molecule has 1 N–H and O–H groups in total. The number of methoxy groups -OCH3 is 1. The quantitative estimate of drug-likeness (QED) is 0.677. The minimum Gasteiger partial charge on any atom is -0.382 e. The fraction of sp³-hybridized carbons (Fsp3) is 0.636. The molecule has 0 saturated carbocycles. The van der Waals surface area contributed by atoms with Crippen molar-refractivity contribution < 1.29 is 9.47 Å². The van der Waals surface area contributed by atoms with Crippen molar-refractivity contribution in [1.29, 1.82) is 0 Å². The van der Waals surface area contributed by atoms with Gasteiger partial charge in [0.25, 0.3) is 5.56 Å². The van der Waals surface area contributed by atoms with E-state index in [1.165, 1.54) is 4.57 Å². The second kappa shape index (κ2) is 7.03. The van der Waals surface area contributed by atoms with E-state index in [1.54, 1.807) is 20.2 Å². The zero-order chi connectivity index (χ0) is 12.7. The van der Waals surface area contributed by atoms with Crippen molar-refractivity contribution in [2.75, 3.05) is 26.9 Å². The standard InChI is InChI=1S/C11H18N2O4/c1-9-8-13(11(15)12-10(9)14)4-3-5-17-7-6-16-2/h8H,3-7H2,1-2H3,(H,12,14,15). The highest BCUT2D eigenvalue weighted by Crippen LogP contribution is 1.90. The van der Waals surface area contributed by atoms with E-state index in [-0.39, 0.29) is 11.2 Å². The molecule has 0 amide bonds. The van der Waals surface area contributed by atoms with Crippen LogP contribution in [-0.4, -0.2) is 36.5 Å². The first kappa shape index (κ1) is 13.7.